The summed E-state index contributed by atoms with van der Waals surface area (Å²) in [4.78, 5) is 0. The van der Waals surface area contributed by atoms with Gasteiger partial charge in [-0.15, -0.1) is 0 Å². The van der Waals surface area contributed by atoms with Crippen molar-refractivity contribution in [2.24, 2.45) is 5.10 Å². The van der Waals surface area contributed by atoms with Crippen LogP contribution >= 0.6 is 34.8 Å². The first kappa shape index (κ1) is 16.7. The van der Waals surface area contributed by atoms with Crippen LogP contribution < -0.4 is 14.9 Å². The number of rotatable bonds is 5. The monoisotopic (exact) mass is 358 g/mol. The molecule has 2 aromatic rings. The van der Waals surface area contributed by atoms with Crippen LogP contribution in [0.4, 0.5) is 5.69 Å². The average molecular weight is 360 g/mol. The molecular formula is C15H13Cl3N2O2. The third kappa shape index (κ3) is 3.97. The molecule has 0 radical (unpaired) electrons. The van der Waals surface area contributed by atoms with E-state index in [0.29, 0.717) is 32.3 Å². The summed E-state index contributed by atoms with van der Waals surface area (Å²) in [5, 5.41) is 5.35. The van der Waals surface area contributed by atoms with E-state index in [1.807, 2.05) is 12.1 Å². The van der Waals surface area contributed by atoms with Gasteiger partial charge in [-0.1, -0.05) is 34.8 Å². The molecule has 0 atom stereocenters. The van der Waals surface area contributed by atoms with Crippen molar-refractivity contribution in [1.29, 1.82) is 0 Å². The van der Waals surface area contributed by atoms with Gasteiger partial charge in [0.1, 0.15) is 11.5 Å². The van der Waals surface area contributed by atoms with Crippen LogP contribution in [-0.4, -0.2) is 20.4 Å². The van der Waals surface area contributed by atoms with Gasteiger partial charge in [-0.3, -0.25) is 5.43 Å². The molecule has 0 aliphatic carbocycles. The molecule has 2 rings (SSSR count). The summed E-state index contributed by atoms with van der Waals surface area (Å²) in [7, 11) is 3.17. The number of hydrogen-bond acceptors (Lipinski definition) is 4. The molecule has 0 saturated carbocycles. The number of hydrogen-bond donors (Lipinski definition) is 1. The number of benzene rings is 2. The Bertz CT molecular complexity index is 682. The highest BCUT2D eigenvalue weighted by atomic mass is 35.5. The summed E-state index contributed by atoms with van der Waals surface area (Å²) in [5.74, 6) is 1.34. The van der Waals surface area contributed by atoms with Crippen LogP contribution in [0.15, 0.2) is 35.4 Å². The number of methoxy groups -OCH3 is 2. The fourth-order valence-electron chi connectivity index (χ4n) is 1.74. The normalized spacial score (nSPS) is 10.8. The van der Waals surface area contributed by atoms with E-state index in [1.54, 1.807) is 38.6 Å². The van der Waals surface area contributed by atoms with E-state index >= 15 is 0 Å². The molecule has 1 N–H and O–H groups in total. The van der Waals surface area contributed by atoms with Gasteiger partial charge in [0.25, 0.3) is 0 Å². The SMILES string of the molecule is COc1ccc(C=NNc2c(Cl)cc(Cl)cc2Cl)c(OC)c1. The van der Waals surface area contributed by atoms with Crippen LogP contribution in [0.5, 0.6) is 11.5 Å². The van der Waals surface area contributed by atoms with E-state index in [9.17, 15) is 0 Å². The summed E-state index contributed by atoms with van der Waals surface area (Å²) in [6.07, 6.45) is 1.60. The summed E-state index contributed by atoms with van der Waals surface area (Å²) < 4.78 is 10.4. The van der Waals surface area contributed by atoms with E-state index in [0.717, 1.165) is 5.56 Å². The molecule has 0 aromatic heterocycles. The molecule has 0 bridgehead atoms. The Morgan fingerprint density at radius 2 is 1.68 bits per heavy atom. The minimum Gasteiger partial charge on any atom is -0.497 e. The number of ether oxygens (including phenoxy) is 2. The molecule has 0 unspecified atom stereocenters. The van der Waals surface area contributed by atoms with Gasteiger partial charge in [0, 0.05) is 16.7 Å². The minimum atomic E-state index is 0.386. The fourth-order valence-corrected chi connectivity index (χ4v) is 2.64. The molecule has 0 aliphatic heterocycles. The first-order valence-corrected chi connectivity index (χ1v) is 7.34. The second-order valence-electron chi connectivity index (χ2n) is 4.22. The van der Waals surface area contributed by atoms with Crippen LogP contribution in [0, 0.1) is 0 Å². The molecule has 0 heterocycles. The third-order valence-corrected chi connectivity index (χ3v) is 3.64. The number of nitrogens with one attached hydrogen (secondary N) is 1. The van der Waals surface area contributed by atoms with Gasteiger partial charge in [-0.25, -0.2) is 0 Å². The molecule has 4 nitrogen and oxygen atoms in total. The maximum Gasteiger partial charge on any atom is 0.131 e. The van der Waals surface area contributed by atoms with E-state index in [-0.39, 0.29) is 0 Å². The lowest BCUT2D eigenvalue weighted by Crippen LogP contribution is -1.96. The van der Waals surface area contributed by atoms with Gasteiger partial charge < -0.3 is 9.47 Å². The molecule has 0 saturated heterocycles. The Morgan fingerprint density at radius 3 is 2.27 bits per heavy atom. The molecule has 7 heteroatoms. The number of halogens is 3. The summed E-state index contributed by atoms with van der Waals surface area (Å²) in [6, 6.07) is 8.57. The average Bonchev–Trinajstić information content (AvgIpc) is 2.49. The topological polar surface area (TPSA) is 42.8 Å². The first-order chi connectivity index (χ1) is 10.5. The van der Waals surface area contributed by atoms with Crippen molar-refractivity contribution in [3.8, 4) is 11.5 Å². The van der Waals surface area contributed by atoms with E-state index in [2.05, 4.69) is 10.5 Å². The molecule has 0 fully saturated rings. The molecule has 2 aromatic carbocycles. The molecule has 0 aliphatic rings. The third-order valence-electron chi connectivity index (χ3n) is 2.83. The van der Waals surface area contributed by atoms with Crippen LogP contribution in [0.1, 0.15) is 5.56 Å². The second kappa shape index (κ2) is 7.58. The van der Waals surface area contributed by atoms with Crippen LogP contribution in [0.25, 0.3) is 0 Å². The second-order valence-corrected chi connectivity index (χ2v) is 5.47. The maximum absolute atomic E-state index is 6.07. The highest BCUT2D eigenvalue weighted by Gasteiger charge is 2.07. The Hall–Kier alpha value is -1.62. The fraction of sp³-hybridized carbons (Fsp3) is 0.133. The van der Waals surface area contributed by atoms with E-state index in [1.165, 1.54) is 0 Å². The van der Waals surface area contributed by atoms with Crippen molar-refractivity contribution in [2.75, 3.05) is 19.6 Å². The zero-order valence-electron chi connectivity index (χ0n) is 11.9. The Kier molecular flexibility index (Phi) is 5.77. The summed E-state index contributed by atoms with van der Waals surface area (Å²) >= 11 is 18.0. The number of hydrazone groups is 1. The lowest BCUT2D eigenvalue weighted by Gasteiger charge is -2.08. The standard InChI is InChI=1S/C15H13Cl3N2O2/c1-21-11-4-3-9(14(7-11)22-2)8-19-20-15-12(17)5-10(16)6-13(15)18/h3-8,20H,1-2H3. The van der Waals surface area contributed by atoms with Gasteiger partial charge in [-0.05, 0) is 24.3 Å². The van der Waals surface area contributed by atoms with Gasteiger partial charge in [0.15, 0.2) is 0 Å². The Labute approximate surface area is 143 Å². The van der Waals surface area contributed by atoms with Gasteiger partial charge in [0.05, 0.1) is 36.2 Å². The molecule has 0 spiro atoms. The molecule has 0 amide bonds. The quantitative estimate of drug-likeness (QED) is 0.596. The van der Waals surface area contributed by atoms with Crippen molar-refractivity contribution in [2.45, 2.75) is 0 Å². The molecular weight excluding hydrogens is 347 g/mol. The van der Waals surface area contributed by atoms with Crippen LogP contribution in [-0.2, 0) is 0 Å². The molecule has 116 valence electrons. The Balaban J connectivity index is 2.20. The van der Waals surface area contributed by atoms with Crippen molar-refractivity contribution in [1.82, 2.24) is 0 Å². The van der Waals surface area contributed by atoms with Gasteiger partial charge in [0.2, 0.25) is 0 Å². The zero-order chi connectivity index (χ0) is 16.1. The van der Waals surface area contributed by atoms with Gasteiger partial charge in [-0.2, -0.15) is 5.10 Å². The Morgan fingerprint density at radius 1 is 1.00 bits per heavy atom. The predicted molar refractivity (Wildman–Crippen MR) is 92.2 cm³/mol. The summed E-state index contributed by atoms with van der Waals surface area (Å²) in [6.45, 7) is 0. The van der Waals surface area contributed by atoms with E-state index in [4.69, 9.17) is 44.3 Å². The smallest absolute Gasteiger partial charge is 0.131 e. The number of anilines is 1. The zero-order valence-corrected chi connectivity index (χ0v) is 14.1. The summed E-state index contributed by atoms with van der Waals surface area (Å²) in [5.41, 5.74) is 4.05. The highest BCUT2D eigenvalue weighted by molar-refractivity contribution is 6.41. The van der Waals surface area contributed by atoms with Crippen LogP contribution in [0.3, 0.4) is 0 Å². The van der Waals surface area contributed by atoms with Crippen LogP contribution in [0.2, 0.25) is 15.1 Å². The number of nitrogens with zero attached hydrogens (tertiary/aromatic N) is 1. The van der Waals surface area contributed by atoms with Gasteiger partial charge >= 0.3 is 0 Å². The lowest BCUT2D eigenvalue weighted by atomic mass is 10.2. The van der Waals surface area contributed by atoms with Crippen molar-refractivity contribution < 1.29 is 9.47 Å². The van der Waals surface area contributed by atoms with E-state index < -0.39 is 0 Å². The van der Waals surface area contributed by atoms with Crippen molar-refractivity contribution in [3.63, 3.8) is 0 Å². The van der Waals surface area contributed by atoms with Crippen molar-refractivity contribution >= 4 is 46.7 Å². The largest absolute Gasteiger partial charge is 0.497 e. The van der Waals surface area contributed by atoms with Crippen molar-refractivity contribution in [3.05, 3.63) is 51.0 Å². The predicted octanol–water partition coefficient (Wildman–Crippen LogP) is 5.11. The maximum atomic E-state index is 6.07. The lowest BCUT2D eigenvalue weighted by molar-refractivity contribution is 0.394. The minimum absolute atomic E-state index is 0.386. The molecule has 22 heavy (non-hydrogen) atoms. The first-order valence-electron chi connectivity index (χ1n) is 6.20. The highest BCUT2D eigenvalue weighted by Crippen LogP contribution is 2.33.